The number of hydrogen-bond acceptors (Lipinski definition) is 3. The monoisotopic (exact) mass is 251 g/mol. The van der Waals surface area contributed by atoms with Gasteiger partial charge in [-0.25, -0.2) is 4.79 Å². The minimum absolute atomic E-state index is 0.0140. The molecule has 0 spiro atoms. The van der Waals surface area contributed by atoms with Crippen LogP contribution in [0.3, 0.4) is 0 Å². The van der Waals surface area contributed by atoms with E-state index in [9.17, 15) is 13.8 Å². The van der Waals surface area contributed by atoms with Gasteiger partial charge in [0.15, 0.2) is 0 Å². The number of benzene rings is 1. The molecule has 88 valence electrons. The summed E-state index contributed by atoms with van der Waals surface area (Å²) >= 11 is 0. The Morgan fingerprint density at radius 2 is 2.12 bits per heavy atom. The van der Waals surface area contributed by atoms with Gasteiger partial charge in [-0.15, -0.1) is 0 Å². The largest absolute Gasteiger partial charge is 0.480 e. The summed E-state index contributed by atoms with van der Waals surface area (Å²) in [6.45, 7) is 0. The summed E-state index contributed by atoms with van der Waals surface area (Å²) in [6, 6.07) is 5.89. The quantitative estimate of drug-likeness (QED) is 0.781. The lowest BCUT2D eigenvalue weighted by atomic mass is 10.1. The number of carboxylic acid groups (broad SMARTS) is 1. The minimum Gasteiger partial charge on any atom is -0.480 e. The van der Waals surface area contributed by atoms with E-state index in [1.807, 2.05) is 0 Å². The molecular formula is C11H9NO4S. The van der Waals surface area contributed by atoms with Crippen molar-refractivity contribution >= 4 is 22.7 Å². The molecule has 0 aliphatic carbocycles. The second-order valence-electron chi connectivity index (χ2n) is 4.05. The first-order chi connectivity index (χ1) is 8.11. The Hall–Kier alpha value is -1.69. The van der Waals surface area contributed by atoms with Gasteiger partial charge in [0.2, 0.25) is 0 Å². The molecule has 0 radical (unpaired) electrons. The maximum absolute atomic E-state index is 12.1. The maximum Gasteiger partial charge on any atom is 0.327 e. The van der Waals surface area contributed by atoms with Crippen molar-refractivity contribution < 1.29 is 18.9 Å². The van der Waals surface area contributed by atoms with E-state index in [0.717, 1.165) is 0 Å². The van der Waals surface area contributed by atoms with Crippen LogP contribution in [-0.2, 0) is 15.6 Å². The van der Waals surface area contributed by atoms with E-state index < -0.39 is 28.2 Å². The van der Waals surface area contributed by atoms with Crippen LogP contribution in [0.25, 0.3) is 0 Å². The zero-order valence-corrected chi connectivity index (χ0v) is 9.52. The van der Waals surface area contributed by atoms with Gasteiger partial charge in [0.05, 0.1) is 16.6 Å². The van der Waals surface area contributed by atoms with Crippen LogP contribution in [0, 0.1) is 0 Å². The summed E-state index contributed by atoms with van der Waals surface area (Å²) in [7, 11) is -1.34. The molecule has 2 aliphatic heterocycles. The smallest absolute Gasteiger partial charge is 0.327 e. The predicted octanol–water partition coefficient (Wildman–Crippen LogP) is 0.357. The number of aliphatic carboxylic acids is 1. The van der Waals surface area contributed by atoms with Crippen molar-refractivity contribution in [2.45, 2.75) is 11.4 Å². The lowest BCUT2D eigenvalue weighted by molar-refractivity contribution is -0.141. The molecule has 1 N–H and O–H groups in total. The van der Waals surface area contributed by atoms with Crippen LogP contribution in [-0.4, -0.2) is 37.9 Å². The molecule has 0 saturated carbocycles. The second-order valence-corrected chi connectivity index (χ2v) is 5.59. The Bertz CT molecular complexity index is 556. The normalized spacial score (nSPS) is 30.2. The molecule has 6 heteroatoms. The summed E-state index contributed by atoms with van der Waals surface area (Å²) in [5, 5.41) is 8.46. The van der Waals surface area contributed by atoms with Crippen LogP contribution in [0.2, 0.25) is 0 Å². The summed E-state index contributed by atoms with van der Waals surface area (Å²) in [5.41, 5.74) is 1.15. The number of hydrogen-bond donors (Lipinski definition) is 1. The number of rotatable bonds is 1. The van der Waals surface area contributed by atoms with E-state index in [1.54, 1.807) is 24.3 Å². The average Bonchev–Trinajstić information content (AvgIpc) is 2.79. The highest BCUT2D eigenvalue weighted by atomic mass is 32.2. The zero-order chi connectivity index (χ0) is 12.2. The van der Waals surface area contributed by atoms with Gasteiger partial charge in [-0.1, -0.05) is 18.2 Å². The summed E-state index contributed by atoms with van der Waals surface area (Å²) in [6.07, 6.45) is 0. The Labute approximate surface area is 99.5 Å². The molecule has 1 amide bonds. The lowest BCUT2D eigenvalue weighted by Crippen LogP contribution is -2.39. The highest BCUT2D eigenvalue weighted by molar-refractivity contribution is 7.85. The zero-order valence-electron chi connectivity index (χ0n) is 8.70. The fraction of sp³-hybridized carbons (Fsp3) is 0.273. The maximum atomic E-state index is 12.1. The van der Waals surface area contributed by atoms with Crippen LogP contribution in [0.4, 0.5) is 0 Å². The van der Waals surface area contributed by atoms with Gasteiger partial charge in [-0.05, 0) is 6.07 Å². The molecule has 0 unspecified atom stereocenters. The van der Waals surface area contributed by atoms with Gasteiger partial charge in [0, 0.05) is 11.1 Å². The van der Waals surface area contributed by atoms with E-state index in [4.69, 9.17) is 5.11 Å². The van der Waals surface area contributed by atoms with E-state index in [-0.39, 0.29) is 11.7 Å². The van der Waals surface area contributed by atoms with Gasteiger partial charge < -0.3 is 10.0 Å². The average molecular weight is 251 g/mol. The Kier molecular flexibility index (Phi) is 2.09. The third kappa shape index (κ3) is 1.27. The van der Waals surface area contributed by atoms with Crippen molar-refractivity contribution in [3.8, 4) is 0 Å². The number of fused-ring (bicyclic) bond motifs is 3. The molecule has 17 heavy (non-hydrogen) atoms. The molecule has 3 atom stereocenters. The molecule has 2 heterocycles. The molecule has 1 aromatic rings. The van der Waals surface area contributed by atoms with E-state index in [1.165, 1.54) is 4.90 Å². The second kappa shape index (κ2) is 3.40. The Balaban J connectivity index is 2.15. The summed E-state index contributed by atoms with van der Waals surface area (Å²) in [4.78, 5) is 24.4. The van der Waals surface area contributed by atoms with Crippen LogP contribution in [0.5, 0.6) is 0 Å². The van der Waals surface area contributed by atoms with Crippen molar-refractivity contribution in [3.63, 3.8) is 0 Å². The topological polar surface area (TPSA) is 74.7 Å². The predicted molar refractivity (Wildman–Crippen MR) is 59.8 cm³/mol. The lowest BCUT2D eigenvalue weighted by Gasteiger charge is -2.18. The highest BCUT2D eigenvalue weighted by Gasteiger charge is 2.52. The van der Waals surface area contributed by atoms with Crippen molar-refractivity contribution in [1.82, 2.24) is 4.90 Å². The molecule has 2 aliphatic rings. The number of carbonyl (C=O) groups excluding carboxylic acids is 1. The van der Waals surface area contributed by atoms with Gasteiger partial charge in [-0.2, -0.15) is 0 Å². The first kappa shape index (κ1) is 10.5. The summed E-state index contributed by atoms with van der Waals surface area (Å²) < 4.78 is 11.9. The van der Waals surface area contributed by atoms with Gasteiger partial charge >= 0.3 is 5.97 Å². The minimum atomic E-state index is -1.34. The van der Waals surface area contributed by atoms with Gasteiger partial charge in [-0.3, -0.25) is 9.00 Å². The molecular weight excluding hydrogens is 242 g/mol. The highest BCUT2D eigenvalue weighted by Crippen LogP contribution is 2.42. The molecule has 5 nitrogen and oxygen atoms in total. The van der Waals surface area contributed by atoms with Gasteiger partial charge in [0.1, 0.15) is 11.4 Å². The molecule has 1 saturated heterocycles. The SMILES string of the molecule is O=C(O)[C@@H]1C[S@](=O)[C@H]2c3ccccc3C(=O)N12. The number of nitrogens with zero attached hydrogens (tertiary/aromatic N) is 1. The fourth-order valence-electron chi connectivity index (χ4n) is 2.39. The number of amides is 1. The van der Waals surface area contributed by atoms with Crippen LogP contribution >= 0.6 is 0 Å². The third-order valence-electron chi connectivity index (χ3n) is 3.14. The van der Waals surface area contributed by atoms with Crippen molar-refractivity contribution in [2.75, 3.05) is 5.75 Å². The fourth-order valence-corrected chi connectivity index (χ4v) is 4.17. The molecule has 0 aromatic heterocycles. The Morgan fingerprint density at radius 3 is 2.82 bits per heavy atom. The molecule has 0 bridgehead atoms. The first-order valence-corrected chi connectivity index (χ1v) is 6.51. The van der Waals surface area contributed by atoms with E-state index in [2.05, 4.69) is 0 Å². The van der Waals surface area contributed by atoms with E-state index >= 15 is 0 Å². The van der Waals surface area contributed by atoms with Crippen molar-refractivity contribution in [2.24, 2.45) is 0 Å². The standard InChI is InChI=1S/C11H9NO4S/c13-9-6-3-1-2-4-7(6)10-12(9)8(11(14)15)5-17(10)16/h1-4,8,10H,5H2,(H,14,15)/t8-,10-,17-/m0/s1. The van der Waals surface area contributed by atoms with Crippen molar-refractivity contribution in [1.29, 1.82) is 0 Å². The van der Waals surface area contributed by atoms with E-state index in [0.29, 0.717) is 11.1 Å². The molecule has 1 aromatic carbocycles. The Morgan fingerprint density at radius 1 is 1.41 bits per heavy atom. The molecule has 3 rings (SSSR count). The van der Waals surface area contributed by atoms with Gasteiger partial charge in [0.25, 0.3) is 5.91 Å². The van der Waals surface area contributed by atoms with Crippen LogP contribution in [0.15, 0.2) is 24.3 Å². The summed E-state index contributed by atoms with van der Waals surface area (Å²) in [5.74, 6) is -1.41. The first-order valence-electron chi connectivity index (χ1n) is 5.13. The third-order valence-corrected chi connectivity index (χ3v) is 4.76. The van der Waals surface area contributed by atoms with Crippen LogP contribution < -0.4 is 0 Å². The molecule has 1 fully saturated rings. The van der Waals surface area contributed by atoms with Crippen LogP contribution in [0.1, 0.15) is 21.3 Å². The number of carboxylic acids is 1. The number of carbonyl (C=O) groups is 2. The van der Waals surface area contributed by atoms with Crippen molar-refractivity contribution in [3.05, 3.63) is 35.4 Å².